The molecule has 0 unspecified atom stereocenters. The van der Waals surface area contributed by atoms with Gasteiger partial charge in [-0.15, -0.1) is 0 Å². The van der Waals surface area contributed by atoms with Gasteiger partial charge in [-0.25, -0.2) is 9.97 Å². The molecule has 4 rings (SSSR count). The normalized spacial score (nSPS) is 13.4. The molecule has 2 aromatic carbocycles. The third kappa shape index (κ3) is 5.83. The number of carbonyl (C=O) groups excluding carboxylic acids is 1. The van der Waals surface area contributed by atoms with E-state index in [9.17, 15) is 18.0 Å². The van der Waals surface area contributed by atoms with Crippen LogP contribution in [0.15, 0.2) is 48.8 Å². The standard InChI is InChI=1S/C22H19ClF3N5O2/c1-12-8-15(33-20-10-19(27-11-28-20)29-21(32)13-2-3-13)5-7-18(12)31-30-14-4-6-17(23)16(9-14)22(24,25)26/h4-11,13,30-31H,2-3H2,1H3,(H,27,28,29,32). The minimum Gasteiger partial charge on any atom is -0.439 e. The molecule has 172 valence electrons. The lowest BCUT2D eigenvalue weighted by molar-refractivity contribution is -0.137. The van der Waals surface area contributed by atoms with Crippen LogP contribution in [0.4, 0.5) is 30.4 Å². The van der Waals surface area contributed by atoms with E-state index in [1.807, 2.05) is 0 Å². The van der Waals surface area contributed by atoms with Crippen molar-refractivity contribution in [3.63, 3.8) is 0 Å². The number of nitrogens with one attached hydrogen (secondary N) is 3. The molecule has 1 saturated carbocycles. The molecule has 3 N–H and O–H groups in total. The summed E-state index contributed by atoms with van der Waals surface area (Å²) < 4.78 is 44.8. The number of carbonyl (C=O) groups is 1. The molecule has 1 heterocycles. The van der Waals surface area contributed by atoms with Crippen LogP contribution in [0, 0.1) is 12.8 Å². The molecule has 7 nitrogen and oxygen atoms in total. The SMILES string of the molecule is Cc1cc(Oc2cc(NC(=O)C3CC3)ncn2)ccc1NNc1ccc(Cl)c(C(F)(F)F)c1. The first-order valence-electron chi connectivity index (χ1n) is 9.99. The Hall–Kier alpha value is -3.53. The van der Waals surface area contributed by atoms with E-state index in [-0.39, 0.29) is 28.4 Å². The summed E-state index contributed by atoms with van der Waals surface area (Å²) in [5.74, 6) is 1.09. The van der Waals surface area contributed by atoms with Gasteiger partial charge in [0.05, 0.1) is 22.0 Å². The Morgan fingerprint density at radius 3 is 2.58 bits per heavy atom. The van der Waals surface area contributed by atoms with E-state index in [0.717, 1.165) is 24.5 Å². The van der Waals surface area contributed by atoms with E-state index < -0.39 is 11.7 Å². The zero-order chi connectivity index (χ0) is 23.6. The predicted octanol–water partition coefficient (Wildman–Crippen LogP) is 6.04. The number of amides is 1. The second kappa shape index (κ2) is 9.14. The first kappa shape index (κ1) is 22.7. The molecule has 1 amide bonds. The minimum atomic E-state index is -4.55. The van der Waals surface area contributed by atoms with Gasteiger partial charge in [-0.2, -0.15) is 13.2 Å². The fraction of sp³-hybridized carbons (Fsp3) is 0.227. The van der Waals surface area contributed by atoms with Gasteiger partial charge in [-0.3, -0.25) is 4.79 Å². The molecule has 0 aliphatic heterocycles. The van der Waals surface area contributed by atoms with Gasteiger partial charge in [0.15, 0.2) is 0 Å². The Bertz CT molecular complexity index is 1180. The number of rotatable bonds is 7. The molecular weight excluding hydrogens is 459 g/mol. The number of hydrogen-bond donors (Lipinski definition) is 3. The van der Waals surface area contributed by atoms with Crippen molar-refractivity contribution in [2.24, 2.45) is 5.92 Å². The fourth-order valence-corrected chi connectivity index (χ4v) is 3.18. The van der Waals surface area contributed by atoms with Crippen LogP contribution in [0.2, 0.25) is 5.02 Å². The lowest BCUT2D eigenvalue weighted by Gasteiger charge is -2.15. The molecule has 0 radical (unpaired) electrons. The Kier molecular flexibility index (Phi) is 6.28. The Morgan fingerprint density at radius 2 is 1.88 bits per heavy atom. The largest absolute Gasteiger partial charge is 0.439 e. The second-order valence-corrected chi connectivity index (χ2v) is 7.93. The number of halogens is 4. The molecule has 1 aromatic heterocycles. The number of alkyl halides is 3. The van der Waals surface area contributed by atoms with Crippen molar-refractivity contribution in [2.75, 3.05) is 16.2 Å². The minimum absolute atomic E-state index is 0.0496. The van der Waals surface area contributed by atoms with E-state index in [0.29, 0.717) is 17.3 Å². The molecule has 0 spiro atoms. The third-order valence-corrected chi connectivity index (χ3v) is 5.20. The maximum atomic E-state index is 13.0. The second-order valence-electron chi connectivity index (χ2n) is 7.53. The molecule has 1 fully saturated rings. The summed E-state index contributed by atoms with van der Waals surface area (Å²) in [6, 6.07) is 10.2. The molecule has 1 aliphatic rings. The summed E-state index contributed by atoms with van der Waals surface area (Å²) in [5, 5.41) is 2.36. The van der Waals surface area contributed by atoms with Gasteiger partial charge in [0, 0.05) is 12.0 Å². The molecule has 0 bridgehead atoms. The predicted molar refractivity (Wildman–Crippen MR) is 118 cm³/mol. The van der Waals surface area contributed by atoms with Crippen LogP contribution >= 0.6 is 11.6 Å². The summed E-state index contributed by atoms with van der Waals surface area (Å²) in [5.41, 5.74) is 6.29. The van der Waals surface area contributed by atoms with E-state index >= 15 is 0 Å². The Balaban J connectivity index is 1.40. The number of nitrogens with zero attached hydrogens (tertiary/aromatic N) is 2. The number of hydrogen-bond acceptors (Lipinski definition) is 6. The number of benzene rings is 2. The quantitative estimate of drug-likeness (QED) is 0.360. The monoisotopic (exact) mass is 477 g/mol. The van der Waals surface area contributed by atoms with Crippen molar-refractivity contribution in [3.8, 4) is 11.6 Å². The molecular formula is C22H19ClF3N5O2. The number of aromatic nitrogens is 2. The van der Waals surface area contributed by atoms with Crippen molar-refractivity contribution in [2.45, 2.75) is 25.9 Å². The zero-order valence-corrected chi connectivity index (χ0v) is 18.1. The molecule has 3 aromatic rings. The van der Waals surface area contributed by atoms with Crippen molar-refractivity contribution >= 4 is 34.7 Å². The highest BCUT2D eigenvalue weighted by atomic mass is 35.5. The number of hydrazine groups is 1. The van der Waals surface area contributed by atoms with Gasteiger partial charge >= 0.3 is 6.18 Å². The Morgan fingerprint density at radius 1 is 1.09 bits per heavy atom. The van der Waals surface area contributed by atoms with E-state index in [1.54, 1.807) is 25.1 Å². The molecule has 11 heteroatoms. The van der Waals surface area contributed by atoms with Crippen molar-refractivity contribution in [1.82, 2.24) is 9.97 Å². The summed E-state index contributed by atoms with van der Waals surface area (Å²) in [7, 11) is 0. The number of aryl methyl sites for hydroxylation is 1. The van der Waals surface area contributed by atoms with Crippen LogP contribution < -0.4 is 20.9 Å². The average molecular weight is 478 g/mol. The maximum absolute atomic E-state index is 13.0. The fourth-order valence-electron chi connectivity index (χ4n) is 2.96. The molecule has 0 saturated heterocycles. The van der Waals surface area contributed by atoms with Crippen LogP contribution in [0.5, 0.6) is 11.6 Å². The average Bonchev–Trinajstić information content (AvgIpc) is 3.59. The smallest absolute Gasteiger partial charge is 0.417 e. The van der Waals surface area contributed by atoms with Crippen LogP contribution in [-0.4, -0.2) is 15.9 Å². The highest BCUT2D eigenvalue weighted by Crippen LogP contribution is 2.36. The van der Waals surface area contributed by atoms with Crippen LogP contribution in [-0.2, 0) is 11.0 Å². The highest BCUT2D eigenvalue weighted by Gasteiger charge is 2.33. The van der Waals surface area contributed by atoms with Gasteiger partial charge in [0.1, 0.15) is 17.9 Å². The molecule has 0 atom stereocenters. The Labute approximate surface area is 192 Å². The highest BCUT2D eigenvalue weighted by molar-refractivity contribution is 6.31. The molecule has 33 heavy (non-hydrogen) atoms. The summed E-state index contributed by atoms with van der Waals surface area (Å²) in [6.07, 6.45) is -1.48. The lowest BCUT2D eigenvalue weighted by Crippen LogP contribution is -2.14. The summed E-state index contributed by atoms with van der Waals surface area (Å²) in [6.45, 7) is 1.81. The van der Waals surface area contributed by atoms with Crippen molar-refractivity contribution < 1.29 is 22.7 Å². The number of ether oxygens (including phenoxy) is 1. The first-order valence-corrected chi connectivity index (χ1v) is 10.4. The zero-order valence-electron chi connectivity index (χ0n) is 17.3. The summed E-state index contributed by atoms with van der Waals surface area (Å²) in [4.78, 5) is 20.0. The van der Waals surface area contributed by atoms with Crippen LogP contribution in [0.25, 0.3) is 0 Å². The van der Waals surface area contributed by atoms with E-state index in [2.05, 4.69) is 26.1 Å². The van der Waals surface area contributed by atoms with Crippen LogP contribution in [0.3, 0.4) is 0 Å². The first-order chi connectivity index (χ1) is 15.7. The van der Waals surface area contributed by atoms with E-state index in [4.69, 9.17) is 16.3 Å². The van der Waals surface area contributed by atoms with Gasteiger partial charge in [0.2, 0.25) is 11.8 Å². The molecule has 1 aliphatic carbocycles. The summed E-state index contributed by atoms with van der Waals surface area (Å²) >= 11 is 5.65. The van der Waals surface area contributed by atoms with Gasteiger partial charge < -0.3 is 20.9 Å². The topological polar surface area (TPSA) is 88.2 Å². The van der Waals surface area contributed by atoms with Gasteiger partial charge in [-0.05, 0) is 61.7 Å². The van der Waals surface area contributed by atoms with E-state index in [1.165, 1.54) is 24.5 Å². The van der Waals surface area contributed by atoms with Gasteiger partial charge in [-0.1, -0.05) is 11.6 Å². The lowest BCUT2D eigenvalue weighted by atomic mass is 10.2. The van der Waals surface area contributed by atoms with Crippen molar-refractivity contribution in [3.05, 3.63) is 64.9 Å². The van der Waals surface area contributed by atoms with Crippen LogP contribution in [0.1, 0.15) is 24.0 Å². The van der Waals surface area contributed by atoms with Crippen molar-refractivity contribution in [1.29, 1.82) is 0 Å². The third-order valence-electron chi connectivity index (χ3n) is 4.87. The van der Waals surface area contributed by atoms with Gasteiger partial charge in [0.25, 0.3) is 0 Å². The number of anilines is 3. The maximum Gasteiger partial charge on any atom is 0.417 e.